The van der Waals surface area contributed by atoms with Gasteiger partial charge in [0.1, 0.15) is 6.10 Å². The second-order valence-corrected chi connectivity index (χ2v) is 8.79. The number of ether oxygens (including phenoxy) is 1. The molecule has 1 saturated carbocycles. The Balaban J connectivity index is 1.30. The first-order valence-electron chi connectivity index (χ1n) is 10.5. The van der Waals surface area contributed by atoms with Crippen LogP contribution in [0.1, 0.15) is 44.6 Å². The lowest BCUT2D eigenvalue weighted by Crippen LogP contribution is -2.54. The summed E-state index contributed by atoms with van der Waals surface area (Å²) in [5.74, 6) is 0.912. The van der Waals surface area contributed by atoms with Crippen LogP contribution in [0.2, 0.25) is 0 Å². The Morgan fingerprint density at radius 1 is 1.18 bits per heavy atom. The summed E-state index contributed by atoms with van der Waals surface area (Å²) in [6.07, 6.45) is 4.57. The smallest absolute Gasteiger partial charge is 0.321 e. The van der Waals surface area contributed by atoms with Crippen molar-refractivity contribution in [3.05, 3.63) is 29.8 Å². The fourth-order valence-electron chi connectivity index (χ4n) is 4.37. The molecule has 2 saturated heterocycles. The van der Waals surface area contributed by atoms with E-state index in [1.165, 1.54) is 18.4 Å². The van der Waals surface area contributed by atoms with E-state index in [4.69, 9.17) is 4.74 Å². The highest BCUT2D eigenvalue weighted by molar-refractivity contribution is 5.89. The largest absolute Gasteiger partial charge is 0.362 e. The fourth-order valence-corrected chi connectivity index (χ4v) is 4.37. The average Bonchev–Trinajstić information content (AvgIpc) is 3.42. The van der Waals surface area contributed by atoms with E-state index in [2.05, 4.69) is 17.6 Å². The zero-order valence-electron chi connectivity index (χ0n) is 16.9. The van der Waals surface area contributed by atoms with Gasteiger partial charge in [0, 0.05) is 31.2 Å². The molecule has 3 fully saturated rings. The third kappa shape index (κ3) is 4.17. The minimum Gasteiger partial charge on any atom is -0.362 e. The standard InChI is InChI=1S/C22H31N3O3/c1-15-3-7-18(8-4-15)24-21(27)25-12-11-22(16(2)14-25)10-9-19(28-22)20(26)23-13-17-5-6-17/h3-4,7-8,16-17,19H,5-6,9-14H2,1-2H3,(H,23,26)(H,24,27)/t16-,19+,22-/m1/s1. The van der Waals surface area contributed by atoms with Crippen LogP contribution in [0.4, 0.5) is 10.5 Å². The van der Waals surface area contributed by atoms with Gasteiger partial charge in [-0.3, -0.25) is 4.79 Å². The maximum Gasteiger partial charge on any atom is 0.321 e. The molecule has 1 aromatic carbocycles. The first kappa shape index (κ1) is 19.2. The average molecular weight is 386 g/mol. The van der Waals surface area contributed by atoms with Gasteiger partial charge in [0.2, 0.25) is 5.91 Å². The molecular weight excluding hydrogens is 354 g/mol. The summed E-state index contributed by atoms with van der Waals surface area (Å²) < 4.78 is 6.31. The summed E-state index contributed by atoms with van der Waals surface area (Å²) in [7, 11) is 0. The molecule has 0 aromatic heterocycles. The molecule has 0 bridgehead atoms. The van der Waals surface area contributed by atoms with Gasteiger partial charge in [-0.2, -0.15) is 0 Å². The lowest BCUT2D eigenvalue weighted by atomic mass is 9.80. The van der Waals surface area contributed by atoms with Gasteiger partial charge in [0.05, 0.1) is 5.60 Å². The molecule has 0 radical (unpaired) electrons. The maximum atomic E-state index is 12.6. The number of rotatable bonds is 4. The minimum absolute atomic E-state index is 0.0375. The summed E-state index contributed by atoms with van der Waals surface area (Å²) in [4.78, 5) is 26.9. The van der Waals surface area contributed by atoms with Gasteiger partial charge >= 0.3 is 6.03 Å². The highest BCUT2D eigenvalue weighted by Gasteiger charge is 2.49. The number of nitrogens with one attached hydrogen (secondary N) is 2. The Morgan fingerprint density at radius 2 is 1.93 bits per heavy atom. The van der Waals surface area contributed by atoms with Crippen molar-refractivity contribution in [2.75, 3.05) is 25.0 Å². The third-order valence-electron chi connectivity index (χ3n) is 6.55. The van der Waals surface area contributed by atoms with Crippen LogP contribution in [0.15, 0.2) is 24.3 Å². The van der Waals surface area contributed by atoms with Gasteiger partial charge in [-0.05, 0) is 57.1 Å². The number of carbonyl (C=O) groups excluding carboxylic acids is 2. The van der Waals surface area contributed by atoms with Crippen LogP contribution in [0.3, 0.4) is 0 Å². The molecule has 0 unspecified atom stereocenters. The normalized spacial score (nSPS) is 29.7. The van der Waals surface area contributed by atoms with E-state index < -0.39 is 0 Å². The van der Waals surface area contributed by atoms with Gasteiger partial charge in [-0.1, -0.05) is 24.6 Å². The summed E-state index contributed by atoms with van der Waals surface area (Å²) in [5.41, 5.74) is 1.70. The number of urea groups is 1. The summed E-state index contributed by atoms with van der Waals surface area (Å²) >= 11 is 0. The van der Waals surface area contributed by atoms with E-state index in [1.807, 2.05) is 36.1 Å². The van der Waals surface area contributed by atoms with E-state index in [-0.39, 0.29) is 29.6 Å². The van der Waals surface area contributed by atoms with Crippen LogP contribution in [-0.4, -0.2) is 48.2 Å². The molecule has 1 aromatic rings. The molecule has 3 amide bonds. The highest BCUT2D eigenvalue weighted by atomic mass is 16.5. The Kier molecular flexibility index (Phi) is 5.32. The van der Waals surface area contributed by atoms with E-state index in [9.17, 15) is 9.59 Å². The second kappa shape index (κ2) is 7.74. The lowest BCUT2D eigenvalue weighted by Gasteiger charge is -2.44. The van der Waals surface area contributed by atoms with Crippen LogP contribution in [-0.2, 0) is 9.53 Å². The van der Waals surface area contributed by atoms with E-state index >= 15 is 0 Å². The number of likely N-dealkylation sites (tertiary alicyclic amines) is 1. The van der Waals surface area contributed by atoms with Crippen LogP contribution >= 0.6 is 0 Å². The van der Waals surface area contributed by atoms with Crippen LogP contribution in [0, 0.1) is 18.8 Å². The number of benzene rings is 1. The topological polar surface area (TPSA) is 70.7 Å². The number of anilines is 1. The fraction of sp³-hybridized carbons (Fsp3) is 0.636. The lowest BCUT2D eigenvalue weighted by molar-refractivity contribution is -0.146. The zero-order valence-corrected chi connectivity index (χ0v) is 16.9. The van der Waals surface area contributed by atoms with Gasteiger partial charge in [0.15, 0.2) is 0 Å². The van der Waals surface area contributed by atoms with Gasteiger partial charge in [-0.15, -0.1) is 0 Å². The van der Waals surface area contributed by atoms with Gasteiger partial charge in [-0.25, -0.2) is 4.79 Å². The summed E-state index contributed by atoms with van der Waals surface area (Å²) in [5, 5.41) is 6.02. The highest BCUT2D eigenvalue weighted by Crippen LogP contribution is 2.42. The Hall–Kier alpha value is -2.08. The summed E-state index contributed by atoms with van der Waals surface area (Å²) in [6.45, 7) is 6.25. The molecule has 6 nitrogen and oxygen atoms in total. The molecule has 2 aliphatic heterocycles. The van der Waals surface area contributed by atoms with Crippen molar-refractivity contribution < 1.29 is 14.3 Å². The Morgan fingerprint density at radius 3 is 2.61 bits per heavy atom. The SMILES string of the molecule is Cc1ccc(NC(=O)N2CC[C@]3(CC[C@@H](C(=O)NCC4CC4)O3)[C@H](C)C2)cc1. The summed E-state index contributed by atoms with van der Waals surface area (Å²) in [6, 6.07) is 7.76. The van der Waals surface area contributed by atoms with Crippen molar-refractivity contribution in [2.45, 2.75) is 57.7 Å². The molecule has 1 spiro atoms. The predicted molar refractivity (Wildman–Crippen MR) is 108 cm³/mol. The molecule has 3 atom stereocenters. The molecule has 28 heavy (non-hydrogen) atoms. The quantitative estimate of drug-likeness (QED) is 0.835. The number of aryl methyl sites for hydroxylation is 1. The number of amides is 3. The molecule has 2 N–H and O–H groups in total. The first-order valence-corrected chi connectivity index (χ1v) is 10.5. The number of piperidine rings is 1. The third-order valence-corrected chi connectivity index (χ3v) is 6.55. The van der Waals surface area contributed by atoms with E-state index in [1.54, 1.807) is 0 Å². The zero-order chi connectivity index (χ0) is 19.7. The van der Waals surface area contributed by atoms with Crippen LogP contribution in [0.5, 0.6) is 0 Å². The predicted octanol–water partition coefficient (Wildman–Crippen LogP) is 3.31. The van der Waals surface area contributed by atoms with Crippen LogP contribution in [0.25, 0.3) is 0 Å². The Labute approximate surface area is 167 Å². The second-order valence-electron chi connectivity index (χ2n) is 8.79. The Bertz CT molecular complexity index is 731. The van der Waals surface area contributed by atoms with Crippen molar-refractivity contribution in [2.24, 2.45) is 11.8 Å². The molecule has 6 heteroatoms. The monoisotopic (exact) mass is 385 g/mol. The number of carbonyl (C=O) groups is 2. The van der Waals surface area contributed by atoms with Crippen LogP contribution < -0.4 is 10.6 Å². The number of nitrogens with zero attached hydrogens (tertiary/aromatic N) is 1. The molecule has 4 rings (SSSR count). The van der Waals surface area contributed by atoms with E-state index in [0.717, 1.165) is 31.5 Å². The van der Waals surface area contributed by atoms with Crippen molar-refractivity contribution in [3.63, 3.8) is 0 Å². The first-order chi connectivity index (χ1) is 13.4. The minimum atomic E-state index is -0.339. The van der Waals surface area contributed by atoms with Crippen molar-refractivity contribution in [1.82, 2.24) is 10.2 Å². The maximum absolute atomic E-state index is 12.6. The van der Waals surface area contributed by atoms with Crippen molar-refractivity contribution in [3.8, 4) is 0 Å². The molecular formula is C22H31N3O3. The molecule has 152 valence electrons. The van der Waals surface area contributed by atoms with Gasteiger partial charge < -0.3 is 20.3 Å². The van der Waals surface area contributed by atoms with Crippen molar-refractivity contribution >= 4 is 17.6 Å². The molecule has 2 heterocycles. The molecule has 3 aliphatic rings. The van der Waals surface area contributed by atoms with Gasteiger partial charge in [0.25, 0.3) is 0 Å². The number of hydrogen-bond donors (Lipinski definition) is 2. The van der Waals surface area contributed by atoms with E-state index in [0.29, 0.717) is 19.0 Å². The number of hydrogen-bond acceptors (Lipinski definition) is 3. The molecule has 1 aliphatic carbocycles. The van der Waals surface area contributed by atoms with Crippen molar-refractivity contribution in [1.29, 1.82) is 0 Å².